The molecule has 0 aromatic carbocycles. The van der Waals surface area contributed by atoms with Crippen LogP contribution in [0.15, 0.2) is 4.47 Å². The number of nitrogens with one attached hydrogen (secondary N) is 1. The first kappa shape index (κ1) is 16.9. The van der Waals surface area contributed by atoms with E-state index < -0.39 is 0 Å². The van der Waals surface area contributed by atoms with E-state index in [1.807, 2.05) is 0 Å². The fourth-order valence-corrected chi connectivity index (χ4v) is 4.04. The summed E-state index contributed by atoms with van der Waals surface area (Å²) in [4.78, 5) is 0. The van der Waals surface area contributed by atoms with Crippen LogP contribution < -0.4 is 5.32 Å². The van der Waals surface area contributed by atoms with Gasteiger partial charge in [0.1, 0.15) is 5.82 Å². The van der Waals surface area contributed by atoms with E-state index in [1.54, 1.807) is 0 Å². The molecule has 0 aliphatic carbocycles. The molecular formula is C17H30BrN3. The predicted molar refractivity (Wildman–Crippen MR) is 94.1 cm³/mol. The number of fused-ring (bicyclic) bond motifs is 1. The molecule has 0 amide bonds. The SMILES string of the molecule is CCCCC(CC)c1nn2c(c1Br)NCCC2C(C)(C)C. The normalized spacial score (nSPS) is 20.0. The summed E-state index contributed by atoms with van der Waals surface area (Å²) in [5.74, 6) is 1.76. The van der Waals surface area contributed by atoms with E-state index in [4.69, 9.17) is 5.10 Å². The Balaban J connectivity index is 2.36. The highest BCUT2D eigenvalue weighted by molar-refractivity contribution is 9.10. The maximum Gasteiger partial charge on any atom is 0.139 e. The molecule has 1 N–H and O–H groups in total. The molecule has 0 radical (unpaired) electrons. The van der Waals surface area contributed by atoms with Crippen LogP contribution in [0.3, 0.4) is 0 Å². The van der Waals surface area contributed by atoms with Gasteiger partial charge in [0.25, 0.3) is 0 Å². The molecule has 2 heterocycles. The minimum absolute atomic E-state index is 0.241. The Morgan fingerprint density at radius 2 is 2.10 bits per heavy atom. The summed E-state index contributed by atoms with van der Waals surface area (Å²) in [5.41, 5.74) is 1.50. The van der Waals surface area contributed by atoms with Crippen LogP contribution in [0.2, 0.25) is 0 Å². The number of nitrogens with zero attached hydrogens (tertiary/aromatic N) is 2. The first-order valence-electron chi connectivity index (χ1n) is 8.41. The Hall–Kier alpha value is -0.510. The third-order valence-electron chi connectivity index (χ3n) is 4.67. The van der Waals surface area contributed by atoms with Gasteiger partial charge in [0, 0.05) is 12.5 Å². The van der Waals surface area contributed by atoms with Crippen molar-refractivity contribution >= 4 is 21.7 Å². The van der Waals surface area contributed by atoms with E-state index in [0.29, 0.717) is 12.0 Å². The molecule has 2 atom stereocenters. The second-order valence-electron chi connectivity index (χ2n) is 7.34. The molecule has 1 aliphatic rings. The summed E-state index contributed by atoms with van der Waals surface area (Å²) in [6, 6.07) is 0.475. The van der Waals surface area contributed by atoms with Gasteiger partial charge < -0.3 is 5.32 Å². The third kappa shape index (κ3) is 3.46. The largest absolute Gasteiger partial charge is 0.369 e. The summed E-state index contributed by atoms with van der Waals surface area (Å²) in [6.45, 7) is 12.5. The van der Waals surface area contributed by atoms with Crippen LogP contribution in [0.4, 0.5) is 5.82 Å². The molecule has 0 bridgehead atoms. The molecule has 1 aliphatic heterocycles. The van der Waals surface area contributed by atoms with E-state index in [1.165, 1.54) is 35.2 Å². The summed E-state index contributed by atoms with van der Waals surface area (Å²) < 4.78 is 3.44. The molecule has 3 nitrogen and oxygen atoms in total. The number of anilines is 1. The molecule has 0 saturated heterocycles. The Morgan fingerprint density at radius 1 is 1.38 bits per heavy atom. The van der Waals surface area contributed by atoms with Crippen LogP contribution in [-0.2, 0) is 0 Å². The zero-order valence-corrected chi connectivity index (χ0v) is 15.8. The minimum Gasteiger partial charge on any atom is -0.369 e. The zero-order valence-electron chi connectivity index (χ0n) is 14.2. The Morgan fingerprint density at radius 3 is 2.67 bits per heavy atom. The van der Waals surface area contributed by atoms with Crippen LogP contribution in [0.25, 0.3) is 0 Å². The van der Waals surface area contributed by atoms with Crippen molar-refractivity contribution in [2.45, 2.75) is 78.7 Å². The van der Waals surface area contributed by atoms with Gasteiger partial charge in [0.05, 0.1) is 16.2 Å². The number of halogens is 1. The molecule has 1 aromatic rings. The molecule has 4 heteroatoms. The monoisotopic (exact) mass is 355 g/mol. The summed E-state index contributed by atoms with van der Waals surface area (Å²) in [6.07, 6.45) is 6.08. The number of hydrogen-bond acceptors (Lipinski definition) is 2. The van der Waals surface area contributed by atoms with Crippen molar-refractivity contribution in [1.82, 2.24) is 9.78 Å². The lowest BCUT2D eigenvalue weighted by Gasteiger charge is -2.35. The first-order chi connectivity index (χ1) is 9.90. The molecule has 2 unspecified atom stereocenters. The highest BCUT2D eigenvalue weighted by atomic mass is 79.9. The second kappa shape index (κ2) is 6.72. The smallest absolute Gasteiger partial charge is 0.139 e. The average molecular weight is 356 g/mol. The fourth-order valence-electron chi connectivity index (χ4n) is 3.31. The van der Waals surface area contributed by atoms with Crippen molar-refractivity contribution in [3.05, 3.63) is 10.2 Å². The number of aromatic nitrogens is 2. The van der Waals surface area contributed by atoms with Gasteiger partial charge >= 0.3 is 0 Å². The van der Waals surface area contributed by atoms with Crippen molar-refractivity contribution in [2.24, 2.45) is 5.41 Å². The van der Waals surface area contributed by atoms with Gasteiger partial charge in [-0.05, 0) is 40.6 Å². The fraction of sp³-hybridized carbons (Fsp3) is 0.824. The highest BCUT2D eigenvalue weighted by Gasteiger charge is 2.34. The molecular weight excluding hydrogens is 326 g/mol. The van der Waals surface area contributed by atoms with Crippen molar-refractivity contribution in [1.29, 1.82) is 0 Å². The van der Waals surface area contributed by atoms with Crippen LogP contribution in [0, 0.1) is 5.41 Å². The van der Waals surface area contributed by atoms with Crippen molar-refractivity contribution in [2.75, 3.05) is 11.9 Å². The van der Waals surface area contributed by atoms with Crippen LogP contribution in [0.5, 0.6) is 0 Å². The number of hydrogen-bond donors (Lipinski definition) is 1. The van der Waals surface area contributed by atoms with Gasteiger partial charge in [-0.2, -0.15) is 5.10 Å². The van der Waals surface area contributed by atoms with Gasteiger partial charge in [-0.15, -0.1) is 0 Å². The maximum absolute atomic E-state index is 5.03. The van der Waals surface area contributed by atoms with Crippen molar-refractivity contribution < 1.29 is 0 Å². The molecule has 1 aromatic heterocycles. The molecule has 2 rings (SSSR count). The average Bonchev–Trinajstić information content (AvgIpc) is 2.76. The quantitative estimate of drug-likeness (QED) is 0.730. The number of unbranched alkanes of at least 4 members (excludes halogenated alkanes) is 1. The lowest BCUT2D eigenvalue weighted by atomic mass is 9.84. The zero-order chi connectivity index (χ0) is 15.6. The summed E-state index contributed by atoms with van der Waals surface area (Å²) >= 11 is 3.82. The van der Waals surface area contributed by atoms with Crippen LogP contribution >= 0.6 is 15.9 Å². The molecule has 0 spiro atoms. The maximum atomic E-state index is 5.03. The van der Waals surface area contributed by atoms with E-state index in [0.717, 1.165) is 19.4 Å². The lowest BCUT2D eigenvalue weighted by molar-refractivity contribution is 0.209. The van der Waals surface area contributed by atoms with Crippen molar-refractivity contribution in [3.8, 4) is 0 Å². The predicted octanol–water partition coefficient (Wildman–Crippen LogP) is 5.73. The van der Waals surface area contributed by atoms with Gasteiger partial charge in [-0.1, -0.05) is 47.5 Å². The Kier molecular flexibility index (Phi) is 5.39. The molecule has 21 heavy (non-hydrogen) atoms. The van der Waals surface area contributed by atoms with Gasteiger partial charge in [0.2, 0.25) is 0 Å². The standard InChI is InChI=1S/C17H30BrN3/c1-6-8-9-12(7-2)15-14(18)16-19-11-10-13(17(3,4)5)21(16)20-15/h12-13,19H,6-11H2,1-5H3. The molecule has 120 valence electrons. The number of rotatable bonds is 5. The lowest BCUT2D eigenvalue weighted by Crippen LogP contribution is -2.32. The van der Waals surface area contributed by atoms with Gasteiger partial charge in [0.15, 0.2) is 0 Å². The minimum atomic E-state index is 0.241. The first-order valence-corrected chi connectivity index (χ1v) is 9.21. The van der Waals surface area contributed by atoms with Crippen LogP contribution in [0.1, 0.15) is 84.4 Å². The van der Waals surface area contributed by atoms with Gasteiger partial charge in [-0.25, -0.2) is 4.68 Å². The van der Waals surface area contributed by atoms with E-state index in [-0.39, 0.29) is 5.41 Å². The molecule has 0 fully saturated rings. The van der Waals surface area contributed by atoms with Crippen molar-refractivity contribution in [3.63, 3.8) is 0 Å². The topological polar surface area (TPSA) is 29.9 Å². The summed E-state index contributed by atoms with van der Waals surface area (Å²) in [7, 11) is 0. The highest BCUT2D eigenvalue weighted by Crippen LogP contribution is 2.43. The van der Waals surface area contributed by atoms with E-state index in [9.17, 15) is 0 Å². The third-order valence-corrected chi connectivity index (χ3v) is 5.45. The Bertz CT molecular complexity index is 473. The second-order valence-corrected chi connectivity index (χ2v) is 8.13. The van der Waals surface area contributed by atoms with E-state index >= 15 is 0 Å². The van der Waals surface area contributed by atoms with E-state index in [2.05, 4.69) is 60.5 Å². The van der Waals surface area contributed by atoms with Gasteiger partial charge in [-0.3, -0.25) is 0 Å². The van der Waals surface area contributed by atoms with Crippen LogP contribution in [-0.4, -0.2) is 16.3 Å². The molecule has 0 saturated carbocycles. The summed E-state index contributed by atoms with van der Waals surface area (Å²) in [5, 5.41) is 8.57. The Labute approximate surface area is 138 Å².